The van der Waals surface area contributed by atoms with E-state index in [9.17, 15) is 0 Å². The van der Waals surface area contributed by atoms with E-state index in [1.807, 2.05) is 25.5 Å². The minimum Gasteiger partial charge on any atom is -0.382 e. The molecule has 1 aliphatic heterocycles. The second-order valence-corrected chi connectivity index (χ2v) is 8.05. The molecule has 8 heteroatoms. The Morgan fingerprint density at radius 1 is 1.41 bits per heavy atom. The number of ether oxygens (including phenoxy) is 2. The second-order valence-electron chi connectivity index (χ2n) is 8.05. The van der Waals surface area contributed by atoms with Crippen LogP contribution in [0.4, 0.5) is 0 Å². The van der Waals surface area contributed by atoms with Crippen molar-refractivity contribution in [2.75, 3.05) is 26.4 Å². The van der Waals surface area contributed by atoms with Gasteiger partial charge in [0.15, 0.2) is 11.8 Å². The highest BCUT2D eigenvalue weighted by Crippen LogP contribution is 2.52. The number of aliphatic imine (C=N–C) groups is 1. The van der Waals surface area contributed by atoms with E-state index in [0.717, 1.165) is 56.8 Å². The van der Waals surface area contributed by atoms with Gasteiger partial charge in [-0.15, -0.1) is 10.2 Å². The molecule has 0 amide bonds. The molecular weight excluding hydrogens is 344 g/mol. The lowest BCUT2D eigenvalue weighted by atomic mass is 9.57. The molecular formula is C19H34N6O2. The summed E-state index contributed by atoms with van der Waals surface area (Å²) in [6.45, 7) is 12.2. The van der Waals surface area contributed by atoms with Gasteiger partial charge in [-0.1, -0.05) is 13.8 Å². The van der Waals surface area contributed by atoms with E-state index < -0.39 is 0 Å². The van der Waals surface area contributed by atoms with Crippen molar-refractivity contribution in [2.45, 2.75) is 59.2 Å². The quantitative estimate of drug-likeness (QED) is 0.404. The van der Waals surface area contributed by atoms with Crippen LogP contribution >= 0.6 is 0 Å². The van der Waals surface area contributed by atoms with E-state index in [-0.39, 0.29) is 5.41 Å². The average molecular weight is 379 g/mol. The molecule has 2 heterocycles. The fraction of sp³-hybridized carbons (Fsp3) is 0.842. The van der Waals surface area contributed by atoms with Crippen molar-refractivity contribution in [2.24, 2.45) is 23.4 Å². The summed E-state index contributed by atoms with van der Waals surface area (Å²) < 4.78 is 13.3. The molecule has 1 saturated heterocycles. The van der Waals surface area contributed by atoms with Crippen LogP contribution in [0.1, 0.15) is 45.3 Å². The molecule has 1 aromatic rings. The van der Waals surface area contributed by atoms with Gasteiger partial charge in [0.25, 0.3) is 0 Å². The number of hydrogen-bond acceptors (Lipinski definition) is 5. The largest absolute Gasteiger partial charge is 0.382 e. The molecule has 0 aromatic carbocycles. The Balaban J connectivity index is 1.63. The molecule has 152 valence electrons. The zero-order valence-electron chi connectivity index (χ0n) is 17.3. The highest BCUT2D eigenvalue weighted by Gasteiger charge is 2.59. The summed E-state index contributed by atoms with van der Waals surface area (Å²) in [7, 11) is 1.97. The fourth-order valence-corrected chi connectivity index (χ4v) is 4.18. The van der Waals surface area contributed by atoms with Crippen molar-refractivity contribution in [1.29, 1.82) is 0 Å². The van der Waals surface area contributed by atoms with E-state index in [1.54, 1.807) is 0 Å². The van der Waals surface area contributed by atoms with Gasteiger partial charge in [-0.2, -0.15) is 0 Å². The minimum absolute atomic E-state index is 0.107. The van der Waals surface area contributed by atoms with Crippen LogP contribution in [0.3, 0.4) is 0 Å². The summed E-state index contributed by atoms with van der Waals surface area (Å²) in [4.78, 5) is 4.78. The SMILES string of the molecule is CCOCCCNC(=NCc1nnc(C)n1C)NC1C2CCOC2C1(C)C. The first-order valence-electron chi connectivity index (χ1n) is 10.0. The molecule has 1 aliphatic carbocycles. The molecule has 2 N–H and O–H groups in total. The lowest BCUT2D eigenvalue weighted by molar-refractivity contribution is -0.106. The van der Waals surface area contributed by atoms with Crippen LogP contribution in [0.2, 0.25) is 0 Å². The third-order valence-corrected chi connectivity index (χ3v) is 5.92. The Morgan fingerprint density at radius 3 is 2.93 bits per heavy atom. The van der Waals surface area contributed by atoms with Gasteiger partial charge in [-0.25, -0.2) is 4.99 Å². The first kappa shape index (κ1) is 20.1. The highest BCUT2D eigenvalue weighted by molar-refractivity contribution is 5.80. The van der Waals surface area contributed by atoms with Gasteiger partial charge in [0.2, 0.25) is 0 Å². The monoisotopic (exact) mass is 378 g/mol. The summed E-state index contributed by atoms with van der Waals surface area (Å²) in [5.41, 5.74) is 0.107. The number of aromatic nitrogens is 3. The van der Waals surface area contributed by atoms with Crippen LogP contribution in [-0.4, -0.2) is 59.2 Å². The van der Waals surface area contributed by atoms with Crippen molar-refractivity contribution < 1.29 is 9.47 Å². The van der Waals surface area contributed by atoms with Crippen molar-refractivity contribution in [3.63, 3.8) is 0 Å². The van der Waals surface area contributed by atoms with Crippen molar-refractivity contribution in [3.8, 4) is 0 Å². The molecule has 8 nitrogen and oxygen atoms in total. The van der Waals surface area contributed by atoms with E-state index >= 15 is 0 Å². The molecule has 2 aliphatic rings. The Morgan fingerprint density at radius 2 is 2.22 bits per heavy atom. The third kappa shape index (κ3) is 4.27. The van der Waals surface area contributed by atoms with Crippen LogP contribution in [-0.2, 0) is 23.1 Å². The van der Waals surface area contributed by atoms with Crippen LogP contribution in [0.5, 0.6) is 0 Å². The summed E-state index contributed by atoms with van der Waals surface area (Å²) >= 11 is 0. The number of aryl methyl sites for hydroxylation is 1. The maximum absolute atomic E-state index is 5.91. The molecule has 27 heavy (non-hydrogen) atoms. The van der Waals surface area contributed by atoms with Gasteiger partial charge in [-0.3, -0.25) is 0 Å². The van der Waals surface area contributed by atoms with Crippen molar-refractivity contribution in [1.82, 2.24) is 25.4 Å². The van der Waals surface area contributed by atoms with E-state index in [4.69, 9.17) is 14.5 Å². The maximum atomic E-state index is 5.91. The predicted octanol–water partition coefficient (Wildman–Crippen LogP) is 1.40. The molecule has 0 spiro atoms. The summed E-state index contributed by atoms with van der Waals surface area (Å²) in [6.07, 6.45) is 2.42. The van der Waals surface area contributed by atoms with Crippen LogP contribution in [0, 0.1) is 18.3 Å². The zero-order chi connectivity index (χ0) is 19.4. The van der Waals surface area contributed by atoms with Gasteiger partial charge in [-0.05, 0) is 26.7 Å². The van der Waals surface area contributed by atoms with Crippen LogP contribution < -0.4 is 10.6 Å². The summed E-state index contributed by atoms with van der Waals surface area (Å²) in [6, 6.07) is 0.365. The number of hydrogen-bond donors (Lipinski definition) is 2. The molecule has 3 rings (SSSR count). The van der Waals surface area contributed by atoms with E-state index in [1.165, 1.54) is 0 Å². The summed E-state index contributed by atoms with van der Waals surface area (Å²) in [5, 5.41) is 15.4. The highest BCUT2D eigenvalue weighted by atomic mass is 16.5. The van der Waals surface area contributed by atoms with Gasteiger partial charge in [0.05, 0.1) is 6.10 Å². The zero-order valence-corrected chi connectivity index (χ0v) is 17.3. The van der Waals surface area contributed by atoms with Crippen LogP contribution in [0.25, 0.3) is 0 Å². The lowest BCUT2D eigenvalue weighted by Gasteiger charge is -2.54. The molecule has 1 aromatic heterocycles. The first-order chi connectivity index (χ1) is 12.9. The van der Waals surface area contributed by atoms with Crippen molar-refractivity contribution in [3.05, 3.63) is 11.6 Å². The molecule has 0 bridgehead atoms. The van der Waals surface area contributed by atoms with Crippen LogP contribution in [0.15, 0.2) is 4.99 Å². The fourth-order valence-electron chi connectivity index (χ4n) is 4.18. The number of fused-ring (bicyclic) bond motifs is 1. The predicted molar refractivity (Wildman–Crippen MR) is 105 cm³/mol. The Bertz CT molecular complexity index is 657. The Hall–Kier alpha value is -1.67. The summed E-state index contributed by atoms with van der Waals surface area (Å²) in [5.74, 6) is 3.14. The van der Waals surface area contributed by atoms with Gasteiger partial charge in [0.1, 0.15) is 12.4 Å². The number of nitrogens with one attached hydrogen (secondary N) is 2. The molecule has 2 fully saturated rings. The standard InChI is InChI=1S/C19H34N6O2/c1-6-26-10-7-9-20-18(21-12-15-24-23-13(2)25(15)5)22-16-14-8-11-27-17(14)19(16,3)4/h14,16-17H,6-12H2,1-5H3,(H2,20,21,22). The molecule has 3 atom stereocenters. The average Bonchev–Trinajstić information content (AvgIpc) is 3.23. The lowest BCUT2D eigenvalue weighted by Crippen LogP contribution is -2.68. The third-order valence-electron chi connectivity index (χ3n) is 5.92. The smallest absolute Gasteiger partial charge is 0.191 e. The second kappa shape index (κ2) is 8.56. The topological polar surface area (TPSA) is 85.6 Å². The molecule has 0 radical (unpaired) electrons. The number of rotatable bonds is 8. The normalized spacial score (nSPS) is 26.6. The molecule has 3 unspecified atom stereocenters. The van der Waals surface area contributed by atoms with E-state index in [2.05, 4.69) is 34.7 Å². The first-order valence-corrected chi connectivity index (χ1v) is 10.0. The Labute approximate surface area is 162 Å². The van der Waals surface area contributed by atoms with Gasteiger partial charge < -0.3 is 24.7 Å². The van der Waals surface area contributed by atoms with E-state index in [0.29, 0.717) is 24.6 Å². The Kier molecular flexibility index (Phi) is 6.37. The number of nitrogens with zero attached hydrogens (tertiary/aromatic N) is 4. The maximum Gasteiger partial charge on any atom is 0.191 e. The minimum atomic E-state index is 0.107. The van der Waals surface area contributed by atoms with Gasteiger partial charge in [0, 0.05) is 50.8 Å². The van der Waals surface area contributed by atoms with Crippen molar-refractivity contribution >= 4 is 5.96 Å². The molecule has 1 saturated carbocycles. The van der Waals surface area contributed by atoms with Gasteiger partial charge >= 0.3 is 0 Å². The number of guanidine groups is 1.